The monoisotopic (exact) mass is 272 g/mol. The molecule has 96 valence electrons. The molecule has 0 aromatic carbocycles. The summed E-state index contributed by atoms with van der Waals surface area (Å²) in [5.41, 5.74) is 1.02. The number of halogens is 1. The van der Waals surface area contributed by atoms with Crippen molar-refractivity contribution in [3.05, 3.63) is 16.1 Å². The first-order chi connectivity index (χ1) is 8.31. The van der Waals surface area contributed by atoms with Crippen LogP contribution < -0.4 is 0 Å². The fourth-order valence-electron chi connectivity index (χ4n) is 2.20. The SMILES string of the molecule is CCN(CCc1nc(CCl)cs1)CC1CCC1. The lowest BCUT2D eigenvalue weighted by atomic mass is 9.85. The van der Waals surface area contributed by atoms with Gasteiger partial charge in [0.1, 0.15) is 0 Å². The van der Waals surface area contributed by atoms with Gasteiger partial charge in [0.05, 0.1) is 16.6 Å². The Hall–Kier alpha value is -0.120. The van der Waals surface area contributed by atoms with Crippen molar-refractivity contribution in [2.24, 2.45) is 5.92 Å². The molecule has 2 rings (SSSR count). The van der Waals surface area contributed by atoms with E-state index < -0.39 is 0 Å². The van der Waals surface area contributed by atoms with Gasteiger partial charge in [-0.3, -0.25) is 0 Å². The Morgan fingerprint density at radius 1 is 1.53 bits per heavy atom. The van der Waals surface area contributed by atoms with Crippen molar-refractivity contribution >= 4 is 22.9 Å². The van der Waals surface area contributed by atoms with Crippen LogP contribution in [0.2, 0.25) is 0 Å². The third-order valence-corrected chi connectivity index (χ3v) is 4.80. The predicted octanol–water partition coefficient (Wildman–Crippen LogP) is 3.55. The maximum atomic E-state index is 5.76. The van der Waals surface area contributed by atoms with Crippen LogP contribution >= 0.6 is 22.9 Å². The highest BCUT2D eigenvalue weighted by Gasteiger charge is 2.19. The molecule has 0 atom stereocenters. The molecule has 1 aliphatic rings. The summed E-state index contributed by atoms with van der Waals surface area (Å²) in [6.45, 7) is 5.83. The summed E-state index contributed by atoms with van der Waals surface area (Å²) >= 11 is 7.50. The molecule has 0 radical (unpaired) electrons. The lowest BCUT2D eigenvalue weighted by molar-refractivity contribution is 0.185. The minimum absolute atomic E-state index is 0.538. The van der Waals surface area contributed by atoms with Crippen molar-refractivity contribution in [3.63, 3.8) is 0 Å². The van der Waals surface area contributed by atoms with Gasteiger partial charge in [0.25, 0.3) is 0 Å². The van der Waals surface area contributed by atoms with Crippen LogP contribution in [0.3, 0.4) is 0 Å². The summed E-state index contributed by atoms with van der Waals surface area (Å²) in [7, 11) is 0. The first-order valence-corrected chi connectivity index (χ1v) is 7.94. The molecule has 2 nitrogen and oxygen atoms in total. The highest BCUT2D eigenvalue weighted by Crippen LogP contribution is 2.27. The van der Waals surface area contributed by atoms with Crippen LogP contribution in [0.25, 0.3) is 0 Å². The van der Waals surface area contributed by atoms with Crippen LogP contribution in [0.15, 0.2) is 5.38 Å². The highest BCUT2D eigenvalue weighted by atomic mass is 35.5. The molecule has 0 aliphatic heterocycles. The molecular weight excluding hydrogens is 252 g/mol. The quantitative estimate of drug-likeness (QED) is 0.706. The van der Waals surface area contributed by atoms with E-state index in [-0.39, 0.29) is 0 Å². The Bertz CT molecular complexity index is 336. The molecule has 1 heterocycles. The summed E-state index contributed by atoms with van der Waals surface area (Å²) in [6.07, 6.45) is 5.38. The van der Waals surface area contributed by atoms with Gasteiger partial charge in [-0.2, -0.15) is 0 Å². The normalized spacial score (nSPS) is 16.4. The number of nitrogens with zero attached hydrogens (tertiary/aromatic N) is 2. The molecule has 4 heteroatoms. The Morgan fingerprint density at radius 2 is 2.35 bits per heavy atom. The molecule has 17 heavy (non-hydrogen) atoms. The van der Waals surface area contributed by atoms with Crippen LogP contribution in [-0.4, -0.2) is 29.5 Å². The van der Waals surface area contributed by atoms with Crippen molar-refractivity contribution in [1.82, 2.24) is 9.88 Å². The second-order valence-electron chi connectivity index (χ2n) is 4.81. The fourth-order valence-corrected chi connectivity index (χ4v) is 3.21. The topological polar surface area (TPSA) is 16.1 Å². The van der Waals surface area contributed by atoms with E-state index in [0.29, 0.717) is 5.88 Å². The minimum Gasteiger partial charge on any atom is -0.303 e. The summed E-state index contributed by atoms with van der Waals surface area (Å²) in [6, 6.07) is 0. The molecular formula is C13H21ClN2S. The maximum Gasteiger partial charge on any atom is 0.0941 e. The van der Waals surface area contributed by atoms with Gasteiger partial charge >= 0.3 is 0 Å². The smallest absolute Gasteiger partial charge is 0.0941 e. The third kappa shape index (κ3) is 3.94. The molecule has 0 spiro atoms. The highest BCUT2D eigenvalue weighted by molar-refractivity contribution is 7.09. The number of alkyl halides is 1. The van der Waals surface area contributed by atoms with Gasteiger partial charge in [0.2, 0.25) is 0 Å². The first kappa shape index (κ1) is 13.3. The average Bonchev–Trinajstić information content (AvgIpc) is 2.75. The first-order valence-electron chi connectivity index (χ1n) is 6.53. The van der Waals surface area contributed by atoms with Crippen LogP contribution in [0.4, 0.5) is 0 Å². The van der Waals surface area contributed by atoms with E-state index in [1.54, 1.807) is 11.3 Å². The zero-order chi connectivity index (χ0) is 12.1. The largest absolute Gasteiger partial charge is 0.303 e. The molecule has 1 aromatic rings. The summed E-state index contributed by atoms with van der Waals surface area (Å²) in [4.78, 5) is 7.07. The molecule has 0 bridgehead atoms. The minimum atomic E-state index is 0.538. The lowest BCUT2D eigenvalue weighted by Crippen LogP contribution is -2.33. The summed E-state index contributed by atoms with van der Waals surface area (Å²) < 4.78 is 0. The van der Waals surface area contributed by atoms with E-state index in [1.165, 1.54) is 30.8 Å². The molecule has 0 N–H and O–H groups in total. The van der Waals surface area contributed by atoms with Gasteiger partial charge < -0.3 is 4.90 Å². The fraction of sp³-hybridized carbons (Fsp3) is 0.769. The van der Waals surface area contributed by atoms with Crippen molar-refractivity contribution in [2.75, 3.05) is 19.6 Å². The molecule has 1 aliphatic carbocycles. The Labute approximate surface area is 113 Å². The Balaban J connectivity index is 1.74. The van der Waals surface area contributed by atoms with Gasteiger partial charge in [0.15, 0.2) is 0 Å². The number of hydrogen-bond acceptors (Lipinski definition) is 3. The number of thiazole rings is 1. The van der Waals surface area contributed by atoms with E-state index in [1.807, 2.05) is 0 Å². The van der Waals surface area contributed by atoms with E-state index in [9.17, 15) is 0 Å². The van der Waals surface area contributed by atoms with Crippen molar-refractivity contribution in [3.8, 4) is 0 Å². The van der Waals surface area contributed by atoms with Crippen LogP contribution in [0.1, 0.15) is 36.9 Å². The average molecular weight is 273 g/mol. The van der Waals surface area contributed by atoms with Crippen LogP contribution in [0.5, 0.6) is 0 Å². The van der Waals surface area contributed by atoms with Gasteiger partial charge in [-0.1, -0.05) is 13.3 Å². The lowest BCUT2D eigenvalue weighted by Gasteiger charge is -2.31. The van der Waals surface area contributed by atoms with E-state index in [0.717, 1.165) is 31.1 Å². The second kappa shape index (κ2) is 6.72. The molecule has 0 unspecified atom stereocenters. The predicted molar refractivity (Wildman–Crippen MR) is 74.8 cm³/mol. The molecule has 0 amide bonds. The Kier molecular flexibility index (Phi) is 5.26. The molecule has 1 saturated carbocycles. The van der Waals surface area contributed by atoms with Crippen molar-refractivity contribution in [2.45, 2.75) is 38.5 Å². The van der Waals surface area contributed by atoms with Crippen LogP contribution in [-0.2, 0) is 12.3 Å². The number of aromatic nitrogens is 1. The van der Waals surface area contributed by atoms with Gasteiger partial charge in [-0.25, -0.2) is 4.98 Å². The number of rotatable bonds is 7. The summed E-state index contributed by atoms with van der Waals surface area (Å²) in [5, 5.41) is 3.30. The molecule has 0 saturated heterocycles. The second-order valence-corrected chi connectivity index (χ2v) is 6.02. The summed E-state index contributed by atoms with van der Waals surface area (Å²) in [5.74, 6) is 1.50. The van der Waals surface area contributed by atoms with Crippen molar-refractivity contribution < 1.29 is 0 Å². The van der Waals surface area contributed by atoms with Gasteiger partial charge in [0, 0.05) is 24.9 Å². The zero-order valence-electron chi connectivity index (χ0n) is 10.5. The maximum absolute atomic E-state index is 5.76. The van der Waals surface area contributed by atoms with E-state index >= 15 is 0 Å². The van der Waals surface area contributed by atoms with E-state index in [4.69, 9.17) is 11.6 Å². The van der Waals surface area contributed by atoms with Gasteiger partial charge in [-0.05, 0) is 25.3 Å². The third-order valence-electron chi connectivity index (χ3n) is 3.57. The van der Waals surface area contributed by atoms with Gasteiger partial charge in [-0.15, -0.1) is 22.9 Å². The number of likely N-dealkylation sites (N-methyl/N-ethyl adjacent to an activating group) is 1. The van der Waals surface area contributed by atoms with E-state index in [2.05, 4.69) is 22.2 Å². The zero-order valence-corrected chi connectivity index (χ0v) is 12.1. The standard InChI is InChI=1S/C13H21ClN2S/c1-2-16(9-11-4-3-5-11)7-6-13-15-12(8-14)10-17-13/h10-11H,2-9H2,1H3. The van der Waals surface area contributed by atoms with Crippen molar-refractivity contribution in [1.29, 1.82) is 0 Å². The number of hydrogen-bond donors (Lipinski definition) is 0. The van der Waals surface area contributed by atoms with Crippen LogP contribution in [0, 0.1) is 5.92 Å². The molecule has 1 fully saturated rings. The molecule has 1 aromatic heterocycles. The Morgan fingerprint density at radius 3 is 2.88 bits per heavy atom.